The Hall–Kier alpha value is -4.61. The molecular weight excluding hydrogens is 530 g/mol. The van der Waals surface area contributed by atoms with Crippen LogP contribution >= 0.6 is 0 Å². The highest BCUT2D eigenvalue weighted by molar-refractivity contribution is 5.91. The zero-order valence-electron chi connectivity index (χ0n) is 23.3. The third-order valence-electron chi connectivity index (χ3n) is 8.53. The maximum Gasteiger partial charge on any atom is 0.152 e. The number of piperazine rings is 1. The molecule has 3 aromatic heterocycles. The molecule has 42 heavy (non-hydrogen) atoms. The Kier molecular flexibility index (Phi) is 7.10. The largest absolute Gasteiger partial charge is 0.382 e. The molecule has 3 N–H and O–H groups in total. The highest BCUT2D eigenvalue weighted by atomic mass is 16.5. The summed E-state index contributed by atoms with van der Waals surface area (Å²) in [4.78, 5) is 20.4. The SMILES string of the molecule is Nc1ncnn2c(-c3cccc(N4CCN(CC=O)C(c5ccccc5)C4)c3)cc(-c3[nH]nnc3C3CCOCC3)c12. The molecule has 0 aliphatic carbocycles. The average Bonchev–Trinajstić information content (AvgIpc) is 3.68. The molecule has 0 bridgehead atoms. The van der Waals surface area contributed by atoms with Gasteiger partial charge in [-0.05, 0) is 36.6 Å². The third kappa shape index (κ3) is 4.80. The van der Waals surface area contributed by atoms with Gasteiger partial charge >= 0.3 is 0 Å². The van der Waals surface area contributed by atoms with Crippen LogP contribution in [0.15, 0.2) is 67.0 Å². The summed E-state index contributed by atoms with van der Waals surface area (Å²) < 4.78 is 7.44. The molecule has 1 unspecified atom stereocenters. The molecule has 2 aromatic carbocycles. The number of hydrogen-bond donors (Lipinski definition) is 2. The lowest BCUT2D eigenvalue weighted by Gasteiger charge is -2.42. The van der Waals surface area contributed by atoms with Crippen molar-refractivity contribution in [3.8, 4) is 22.5 Å². The van der Waals surface area contributed by atoms with E-state index in [1.807, 2.05) is 10.6 Å². The van der Waals surface area contributed by atoms with Gasteiger partial charge < -0.3 is 20.2 Å². The number of nitrogen functional groups attached to an aromatic ring is 1. The van der Waals surface area contributed by atoms with Crippen LogP contribution < -0.4 is 10.6 Å². The number of rotatable bonds is 7. The van der Waals surface area contributed by atoms with Crippen molar-refractivity contribution in [3.63, 3.8) is 0 Å². The standard InChI is InChI=1S/C31H33N9O2/c32-31-30-25(29-28(35-37-36-29)22-9-15-42-16-10-22)18-26(40(30)34-20-33-31)23-7-4-8-24(17-23)39-12-11-38(13-14-41)27(19-39)21-5-2-1-3-6-21/h1-8,14,17-18,20,22,27H,9-13,15-16,19H2,(H2,32,33,34)(H,35,36,37). The fourth-order valence-corrected chi connectivity index (χ4v) is 6.38. The summed E-state index contributed by atoms with van der Waals surface area (Å²) in [7, 11) is 0. The molecule has 7 rings (SSSR count). The minimum Gasteiger partial charge on any atom is -0.382 e. The van der Waals surface area contributed by atoms with E-state index in [4.69, 9.17) is 10.5 Å². The number of benzene rings is 2. The van der Waals surface area contributed by atoms with Gasteiger partial charge in [0.05, 0.1) is 29.7 Å². The monoisotopic (exact) mass is 563 g/mol. The van der Waals surface area contributed by atoms with Gasteiger partial charge in [-0.25, -0.2) is 9.50 Å². The molecule has 0 saturated carbocycles. The van der Waals surface area contributed by atoms with Gasteiger partial charge in [-0.1, -0.05) is 47.7 Å². The van der Waals surface area contributed by atoms with Crippen LogP contribution in [-0.2, 0) is 9.53 Å². The number of nitrogens with one attached hydrogen (secondary N) is 1. The lowest BCUT2D eigenvalue weighted by atomic mass is 9.93. The molecule has 2 saturated heterocycles. The molecular formula is C31H33N9O2. The van der Waals surface area contributed by atoms with E-state index < -0.39 is 0 Å². The summed E-state index contributed by atoms with van der Waals surface area (Å²) in [6.07, 6.45) is 4.28. The van der Waals surface area contributed by atoms with Crippen molar-refractivity contribution >= 4 is 23.3 Å². The van der Waals surface area contributed by atoms with Crippen molar-refractivity contribution in [2.24, 2.45) is 0 Å². The predicted octanol–water partition coefficient (Wildman–Crippen LogP) is 3.72. The summed E-state index contributed by atoms with van der Waals surface area (Å²) in [5.41, 5.74) is 14.1. The van der Waals surface area contributed by atoms with E-state index in [2.05, 4.69) is 89.9 Å². The van der Waals surface area contributed by atoms with Crippen LogP contribution in [-0.4, -0.2) is 80.6 Å². The molecule has 5 heterocycles. The van der Waals surface area contributed by atoms with Crippen LogP contribution in [0.4, 0.5) is 11.5 Å². The predicted molar refractivity (Wildman–Crippen MR) is 160 cm³/mol. The van der Waals surface area contributed by atoms with E-state index in [0.717, 1.165) is 78.2 Å². The number of fused-ring (bicyclic) bond motifs is 1. The Bertz CT molecular complexity index is 1690. The van der Waals surface area contributed by atoms with Crippen LogP contribution in [0.25, 0.3) is 28.0 Å². The first kappa shape index (κ1) is 26.3. The molecule has 0 amide bonds. The van der Waals surface area contributed by atoms with E-state index in [1.165, 1.54) is 11.9 Å². The number of anilines is 2. The van der Waals surface area contributed by atoms with E-state index in [1.54, 1.807) is 0 Å². The van der Waals surface area contributed by atoms with Crippen molar-refractivity contribution in [2.45, 2.75) is 24.8 Å². The highest BCUT2D eigenvalue weighted by Gasteiger charge is 2.29. The van der Waals surface area contributed by atoms with E-state index in [-0.39, 0.29) is 12.0 Å². The van der Waals surface area contributed by atoms with Crippen molar-refractivity contribution in [3.05, 3.63) is 78.2 Å². The quantitative estimate of drug-likeness (QED) is 0.285. The number of carbonyl (C=O) groups is 1. The first-order valence-corrected chi connectivity index (χ1v) is 14.4. The van der Waals surface area contributed by atoms with Crippen LogP contribution in [0, 0.1) is 0 Å². The Balaban J connectivity index is 1.26. The second kappa shape index (κ2) is 11.3. The minimum absolute atomic E-state index is 0.124. The van der Waals surface area contributed by atoms with Gasteiger partial charge in [0, 0.05) is 55.6 Å². The van der Waals surface area contributed by atoms with E-state index >= 15 is 0 Å². The number of ether oxygens (including phenoxy) is 1. The lowest BCUT2D eigenvalue weighted by molar-refractivity contribution is -0.109. The van der Waals surface area contributed by atoms with Gasteiger partial charge in [0.1, 0.15) is 18.1 Å². The fraction of sp³-hybridized carbons (Fsp3) is 0.323. The Labute approximate surface area is 243 Å². The second-order valence-electron chi connectivity index (χ2n) is 10.9. The van der Waals surface area contributed by atoms with E-state index in [0.29, 0.717) is 25.6 Å². The van der Waals surface area contributed by atoms with Crippen molar-refractivity contribution in [2.75, 3.05) is 50.0 Å². The summed E-state index contributed by atoms with van der Waals surface area (Å²) in [5, 5.41) is 16.4. The molecule has 0 radical (unpaired) electrons. The molecule has 2 aliphatic rings. The van der Waals surface area contributed by atoms with Crippen molar-refractivity contribution < 1.29 is 9.53 Å². The number of aromatic amines is 1. The number of H-pyrrole nitrogens is 1. The fourth-order valence-electron chi connectivity index (χ4n) is 6.38. The normalized spacial score (nSPS) is 18.5. The summed E-state index contributed by atoms with van der Waals surface area (Å²) >= 11 is 0. The molecule has 5 aromatic rings. The number of nitrogens with zero attached hydrogens (tertiary/aromatic N) is 7. The highest BCUT2D eigenvalue weighted by Crippen LogP contribution is 2.39. The molecule has 2 fully saturated rings. The first-order chi connectivity index (χ1) is 20.7. The van der Waals surface area contributed by atoms with Gasteiger partial charge in [0.15, 0.2) is 5.82 Å². The Morgan fingerprint density at radius 2 is 1.90 bits per heavy atom. The average molecular weight is 564 g/mol. The molecule has 0 spiro atoms. The maximum absolute atomic E-state index is 11.4. The summed E-state index contributed by atoms with van der Waals surface area (Å²) in [5.74, 6) is 0.655. The van der Waals surface area contributed by atoms with Crippen molar-refractivity contribution in [1.29, 1.82) is 0 Å². The van der Waals surface area contributed by atoms with Crippen LogP contribution in [0.1, 0.15) is 36.1 Å². The lowest BCUT2D eigenvalue weighted by Crippen LogP contribution is -2.49. The Morgan fingerprint density at radius 3 is 2.74 bits per heavy atom. The molecule has 2 aliphatic heterocycles. The van der Waals surface area contributed by atoms with Gasteiger partial charge in [0.2, 0.25) is 0 Å². The number of aldehydes is 1. The molecule has 11 nitrogen and oxygen atoms in total. The van der Waals surface area contributed by atoms with E-state index in [9.17, 15) is 4.79 Å². The maximum atomic E-state index is 11.4. The van der Waals surface area contributed by atoms with Gasteiger partial charge in [-0.3, -0.25) is 10.00 Å². The number of hydrogen-bond acceptors (Lipinski definition) is 9. The number of carbonyl (C=O) groups excluding carboxylic acids is 1. The van der Waals surface area contributed by atoms with Gasteiger partial charge in [-0.2, -0.15) is 5.10 Å². The van der Waals surface area contributed by atoms with Crippen LogP contribution in [0.5, 0.6) is 0 Å². The zero-order valence-corrected chi connectivity index (χ0v) is 23.3. The second-order valence-corrected chi connectivity index (χ2v) is 10.9. The minimum atomic E-state index is 0.124. The third-order valence-corrected chi connectivity index (χ3v) is 8.53. The van der Waals surface area contributed by atoms with Gasteiger partial charge in [-0.15, -0.1) is 5.10 Å². The first-order valence-electron chi connectivity index (χ1n) is 14.4. The zero-order chi connectivity index (χ0) is 28.5. The summed E-state index contributed by atoms with van der Waals surface area (Å²) in [6, 6.07) is 21.2. The Morgan fingerprint density at radius 1 is 1.05 bits per heavy atom. The van der Waals surface area contributed by atoms with Crippen LogP contribution in [0.3, 0.4) is 0 Å². The van der Waals surface area contributed by atoms with Gasteiger partial charge in [0.25, 0.3) is 0 Å². The molecule has 214 valence electrons. The van der Waals surface area contributed by atoms with Crippen molar-refractivity contribution in [1.82, 2.24) is 34.9 Å². The summed E-state index contributed by atoms with van der Waals surface area (Å²) in [6.45, 7) is 4.25. The molecule has 11 heteroatoms. The molecule has 1 atom stereocenters. The number of aromatic nitrogens is 6. The number of nitrogens with two attached hydrogens (primary N) is 1. The smallest absolute Gasteiger partial charge is 0.152 e. The van der Waals surface area contributed by atoms with Crippen LogP contribution in [0.2, 0.25) is 0 Å². The topological polar surface area (TPSA) is 131 Å².